The molecule has 0 atom stereocenters. The molecule has 4 nitrogen and oxygen atoms in total. The van der Waals surface area contributed by atoms with Gasteiger partial charge < -0.3 is 15.5 Å². The summed E-state index contributed by atoms with van der Waals surface area (Å²) in [6, 6.07) is 8.02. The first kappa shape index (κ1) is 18.5. The third kappa shape index (κ3) is 7.46. The van der Waals surface area contributed by atoms with E-state index in [9.17, 15) is 4.79 Å². The first-order valence-electron chi connectivity index (χ1n) is 8.55. The topological polar surface area (TPSA) is 44.4 Å². The predicted molar refractivity (Wildman–Crippen MR) is 94.5 cm³/mol. The molecule has 2 amide bonds. The Morgan fingerprint density at radius 1 is 1.05 bits per heavy atom. The number of rotatable bonds is 10. The number of anilines is 1. The average Bonchev–Trinajstić information content (AvgIpc) is 2.51. The molecule has 0 aliphatic carbocycles. The second-order valence-corrected chi connectivity index (χ2v) is 5.67. The summed E-state index contributed by atoms with van der Waals surface area (Å²) in [6.07, 6.45) is 4.35. The highest BCUT2D eigenvalue weighted by atomic mass is 16.2. The minimum atomic E-state index is -0.127. The van der Waals surface area contributed by atoms with Crippen molar-refractivity contribution < 1.29 is 4.79 Å². The van der Waals surface area contributed by atoms with Gasteiger partial charge in [0.05, 0.1) is 0 Å². The third-order valence-electron chi connectivity index (χ3n) is 3.52. The molecule has 0 aliphatic heterocycles. The lowest BCUT2D eigenvalue weighted by Gasteiger charge is -2.21. The second-order valence-electron chi connectivity index (χ2n) is 5.67. The van der Waals surface area contributed by atoms with Crippen molar-refractivity contribution in [2.75, 3.05) is 31.5 Å². The Bertz CT molecular complexity index is 428. The fourth-order valence-electron chi connectivity index (χ4n) is 2.47. The highest BCUT2D eigenvalue weighted by Crippen LogP contribution is 2.12. The van der Waals surface area contributed by atoms with E-state index in [0.29, 0.717) is 6.54 Å². The fourth-order valence-corrected chi connectivity index (χ4v) is 2.47. The zero-order chi connectivity index (χ0) is 16.2. The predicted octanol–water partition coefficient (Wildman–Crippen LogP) is 3.88. The molecular weight excluding hydrogens is 274 g/mol. The molecule has 0 unspecified atom stereocenters. The van der Waals surface area contributed by atoms with Gasteiger partial charge in [0.1, 0.15) is 0 Å². The molecule has 0 saturated heterocycles. The monoisotopic (exact) mass is 305 g/mol. The van der Waals surface area contributed by atoms with Crippen LogP contribution in [0.4, 0.5) is 10.5 Å². The van der Waals surface area contributed by atoms with Crippen LogP contribution in [-0.4, -0.2) is 37.1 Å². The summed E-state index contributed by atoms with van der Waals surface area (Å²) in [5.41, 5.74) is 2.13. The summed E-state index contributed by atoms with van der Waals surface area (Å²) in [6.45, 7) is 10.6. The highest BCUT2D eigenvalue weighted by Gasteiger charge is 2.05. The van der Waals surface area contributed by atoms with Crippen molar-refractivity contribution in [2.24, 2.45) is 0 Å². The van der Waals surface area contributed by atoms with E-state index >= 15 is 0 Å². The van der Waals surface area contributed by atoms with Gasteiger partial charge in [-0.25, -0.2) is 4.79 Å². The van der Waals surface area contributed by atoms with Crippen LogP contribution in [0.3, 0.4) is 0 Å². The number of nitrogens with zero attached hydrogens (tertiary/aromatic N) is 1. The van der Waals surface area contributed by atoms with Crippen LogP contribution >= 0.6 is 0 Å². The Morgan fingerprint density at radius 2 is 1.77 bits per heavy atom. The smallest absolute Gasteiger partial charge is 0.319 e. The third-order valence-corrected chi connectivity index (χ3v) is 3.52. The lowest BCUT2D eigenvalue weighted by Crippen LogP contribution is -2.29. The molecular formula is C18H31N3O. The average molecular weight is 305 g/mol. The number of benzene rings is 1. The van der Waals surface area contributed by atoms with Crippen molar-refractivity contribution in [3.8, 4) is 0 Å². The van der Waals surface area contributed by atoms with Gasteiger partial charge in [-0.1, -0.05) is 32.9 Å². The van der Waals surface area contributed by atoms with Crippen LogP contribution in [0.15, 0.2) is 24.3 Å². The summed E-state index contributed by atoms with van der Waals surface area (Å²) in [4.78, 5) is 14.2. The number of hydrogen-bond donors (Lipinski definition) is 2. The van der Waals surface area contributed by atoms with Gasteiger partial charge in [-0.3, -0.25) is 0 Å². The Balaban J connectivity index is 2.50. The fraction of sp³-hybridized carbons (Fsp3) is 0.611. The van der Waals surface area contributed by atoms with Crippen LogP contribution in [0.5, 0.6) is 0 Å². The quantitative estimate of drug-likeness (QED) is 0.689. The van der Waals surface area contributed by atoms with E-state index < -0.39 is 0 Å². The maximum absolute atomic E-state index is 11.7. The SMILES string of the molecule is CCCNC(=O)Nc1cccc(CCN(CCC)CCC)c1. The van der Waals surface area contributed by atoms with Crippen LogP contribution in [0, 0.1) is 0 Å². The summed E-state index contributed by atoms with van der Waals surface area (Å²) < 4.78 is 0. The van der Waals surface area contributed by atoms with Crippen LogP contribution in [-0.2, 0) is 6.42 Å². The minimum absolute atomic E-state index is 0.127. The Morgan fingerprint density at radius 3 is 2.41 bits per heavy atom. The first-order valence-corrected chi connectivity index (χ1v) is 8.55. The maximum Gasteiger partial charge on any atom is 0.319 e. The maximum atomic E-state index is 11.7. The lowest BCUT2D eigenvalue weighted by atomic mass is 10.1. The van der Waals surface area contributed by atoms with Gasteiger partial charge in [0.2, 0.25) is 0 Å². The summed E-state index contributed by atoms with van der Waals surface area (Å²) in [7, 11) is 0. The summed E-state index contributed by atoms with van der Waals surface area (Å²) in [5, 5.41) is 5.72. The molecule has 22 heavy (non-hydrogen) atoms. The molecule has 0 aromatic heterocycles. The van der Waals surface area contributed by atoms with E-state index in [1.807, 2.05) is 19.1 Å². The van der Waals surface area contributed by atoms with Gasteiger partial charge in [0.25, 0.3) is 0 Å². The number of hydrogen-bond acceptors (Lipinski definition) is 2. The molecule has 4 heteroatoms. The Labute approximate surface area is 135 Å². The number of carbonyl (C=O) groups excluding carboxylic acids is 1. The van der Waals surface area contributed by atoms with Crippen molar-refractivity contribution in [3.63, 3.8) is 0 Å². The standard InChI is InChI=1S/C18H31N3O/c1-4-11-19-18(22)20-17-9-7-8-16(15-17)10-14-21(12-5-2)13-6-3/h7-9,15H,4-6,10-14H2,1-3H3,(H2,19,20,22). The molecule has 1 aromatic rings. The summed E-state index contributed by atoms with van der Waals surface area (Å²) in [5.74, 6) is 0. The van der Waals surface area contributed by atoms with Gasteiger partial charge in [0, 0.05) is 18.8 Å². The molecule has 0 saturated carbocycles. The molecule has 0 aliphatic rings. The van der Waals surface area contributed by atoms with Crippen molar-refractivity contribution in [3.05, 3.63) is 29.8 Å². The zero-order valence-corrected chi connectivity index (χ0v) is 14.3. The van der Waals surface area contributed by atoms with E-state index in [1.54, 1.807) is 0 Å². The van der Waals surface area contributed by atoms with Crippen molar-refractivity contribution >= 4 is 11.7 Å². The molecule has 124 valence electrons. The van der Waals surface area contributed by atoms with Gasteiger partial charge >= 0.3 is 6.03 Å². The normalized spacial score (nSPS) is 10.7. The van der Waals surface area contributed by atoms with Gasteiger partial charge in [-0.05, 0) is 56.5 Å². The molecule has 0 bridgehead atoms. The van der Waals surface area contributed by atoms with E-state index in [-0.39, 0.29) is 6.03 Å². The molecule has 2 N–H and O–H groups in total. The molecule has 0 radical (unpaired) electrons. The van der Waals surface area contributed by atoms with Crippen LogP contribution in [0.2, 0.25) is 0 Å². The van der Waals surface area contributed by atoms with Crippen molar-refractivity contribution in [2.45, 2.75) is 46.5 Å². The minimum Gasteiger partial charge on any atom is -0.338 e. The Hall–Kier alpha value is -1.55. The summed E-state index contributed by atoms with van der Waals surface area (Å²) >= 11 is 0. The largest absolute Gasteiger partial charge is 0.338 e. The number of urea groups is 1. The van der Waals surface area contributed by atoms with E-state index in [2.05, 4.69) is 41.5 Å². The number of carbonyl (C=O) groups is 1. The van der Waals surface area contributed by atoms with Crippen molar-refractivity contribution in [1.29, 1.82) is 0 Å². The number of nitrogens with one attached hydrogen (secondary N) is 2. The van der Waals surface area contributed by atoms with Crippen LogP contribution in [0.1, 0.15) is 45.6 Å². The zero-order valence-electron chi connectivity index (χ0n) is 14.3. The van der Waals surface area contributed by atoms with Gasteiger partial charge in [-0.2, -0.15) is 0 Å². The van der Waals surface area contributed by atoms with Gasteiger partial charge in [-0.15, -0.1) is 0 Å². The first-order chi connectivity index (χ1) is 10.7. The lowest BCUT2D eigenvalue weighted by molar-refractivity contribution is 0.252. The highest BCUT2D eigenvalue weighted by molar-refractivity contribution is 5.89. The van der Waals surface area contributed by atoms with Gasteiger partial charge in [0.15, 0.2) is 0 Å². The van der Waals surface area contributed by atoms with E-state index in [0.717, 1.165) is 38.2 Å². The van der Waals surface area contributed by atoms with Crippen molar-refractivity contribution in [1.82, 2.24) is 10.2 Å². The molecule has 1 aromatic carbocycles. The molecule has 0 fully saturated rings. The van der Waals surface area contributed by atoms with Crippen LogP contribution < -0.4 is 10.6 Å². The second kappa shape index (κ2) is 11.1. The van der Waals surface area contributed by atoms with E-state index in [4.69, 9.17) is 0 Å². The van der Waals surface area contributed by atoms with E-state index in [1.165, 1.54) is 18.4 Å². The molecule has 0 heterocycles. The Kier molecular flexibility index (Phi) is 9.31. The van der Waals surface area contributed by atoms with Crippen LogP contribution in [0.25, 0.3) is 0 Å². The molecule has 0 spiro atoms. The number of amides is 2. The molecule has 1 rings (SSSR count).